The van der Waals surface area contributed by atoms with E-state index in [-0.39, 0.29) is 6.10 Å². The van der Waals surface area contributed by atoms with Crippen molar-refractivity contribution in [3.63, 3.8) is 0 Å². The lowest BCUT2D eigenvalue weighted by molar-refractivity contribution is 0.104. The van der Waals surface area contributed by atoms with Crippen molar-refractivity contribution in [3.8, 4) is 0 Å². The van der Waals surface area contributed by atoms with Gasteiger partial charge in [0.15, 0.2) is 0 Å². The Bertz CT molecular complexity index is 371. The second-order valence-electron chi connectivity index (χ2n) is 5.51. The first-order valence-corrected chi connectivity index (χ1v) is 7.06. The topological polar surface area (TPSA) is 33.1 Å². The van der Waals surface area contributed by atoms with E-state index in [9.17, 15) is 5.11 Å². The second kappa shape index (κ2) is 3.81. The molecule has 1 aromatic rings. The Morgan fingerprint density at radius 3 is 2.56 bits per heavy atom. The molecule has 3 rings (SSSR count). The number of aromatic nitrogens is 1. The zero-order valence-electron chi connectivity index (χ0n) is 9.94. The van der Waals surface area contributed by atoms with Gasteiger partial charge in [-0.1, -0.05) is 0 Å². The summed E-state index contributed by atoms with van der Waals surface area (Å²) in [6, 6.07) is 0. The van der Waals surface area contributed by atoms with Crippen LogP contribution in [0.2, 0.25) is 0 Å². The molecule has 0 saturated heterocycles. The third-order valence-electron chi connectivity index (χ3n) is 4.28. The lowest BCUT2D eigenvalue weighted by atomic mass is 9.95. The molecule has 2 aliphatic rings. The quantitative estimate of drug-likeness (QED) is 0.877. The van der Waals surface area contributed by atoms with Crippen LogP contribution < -0.4 is 0 Å². The van der Waals surface area contributed by atoms with Crippen LogP contribution in [0, 0.1) is 31.6 Å². The van der Waals surface area contributed by atoms with Crippen molar-refractivity contribution in [2.24, 2.45) is 17.8 Å². The first-order chi connectivity index (χ1) is 7.63. The van der Waals surface area contributed by atoms with E-state index in [4.69, 9.17) is 0 Å². The average Bonchev–Trinajstić information content (AvgIpc) is 2.71. The Kier molecular flexibility index (Phi) is 2.55. The summed E-state index contributed by atoms with van der Waals surface area (Å²) < 4.78 is 0. The molecule has 0 aromatic carbocycles. The number of hydrogen-bond acceptors (Lipinski definition) is 3. The van der Waals surface area contributed by atoms with Gasteiger partial charge in [-0.25, -0.2) is 4.98 Å². The fraction of sp³-hybridized carbons (Fsp3) is 0.769. The van der Waals surface area contributed by atoms with Crippen LogP contribution in [0.25, 0.3) is 0 Å². The highest BCUT2D eigenvalue weighted by Crippen LogP contribution is 2.55. The summed E-state index contributed by atoms with van der Waals surface area (Å²) in [6.45, 7) is 4.15. The van der Waals surface area contributed by atoms with E-state index in [1.165, 1.54) is 24.1 Å². The normalized spacial score (nSPS) is 33.8. The third-order valence-corrected chi connectivity index (χ3v) is 5.38. The largest absolute Gasteiger partial charge is 0.392 e. The Morgan fingerprint density at radius 1 is 1.31 bits per heavy atom. The van der Waals surface area contributed by atoms with Crippen LogP contribution in [0.15, 0.2) is 0 Å². The van der Waals surface area contributed by atoms with Crippen LogP contribution >= 0.6 is 11.3 Å². The minimum absolute atomic E-state index is 0.155. The number of hydrogen-bond donors (Lipinski definition) is 1. The van der Waals surface area contributed by atoms with Crippen LogP contribution in [0.4, 0.5) is 0 Å². The number of aliphatic hydroxyl groups excluding tert-OH is 1. The van der Waals surface area contributed by atoms with Gasteiger partial charge < -0.3 is 5.11 Å². The molecule has 2 aliphatic carbocycles. The average molecular weight is 237 g/mol. The molecule has 1 aromatic heterocycles. The predicted molar refractivity (Wildman–Crippen MR) is 65.6 cm³/mol. The van der Waals surface area contributed by atoms with E-state index in [0.29, 0.717) is 5.92 Å². The first-order valence-electron chi connectivity index (χ1n) is 6.24. The fourth-order valence-electron chi connectivity index (χ4n) is 3.05. The number of fused-ring (bicyclic) bond motifs is 1. The molecule has 1 N–H and O–H groups in total. The molecular weight excluding hydrogens is 218 g/mol. The molecule has 88 valence electrons. The first kappa shape index (κ1) is 10.7. The third kappa shape index (κ3) is 1.91. The molecule has 2 fully saturated rings. The van der Waals surface area contributed by atoms with Gasteiger partial charge in [-0.2, -0.15) is 0 Å². The fourth-order valence-corrected chi connectivity index (χ4v) is 4.03. The Hall–Kier alpha value is -0.410. The molecule has 0 bridgehead atoms. The van der Waals surface area contributed by atoms with Crippen molar-refractivity contribution in [3.05, 3.63) is 15.6 Å². The molecule has 2 nitrogen and oxygen atoms in total. The number of aryl methyl sites for hydroxylation is 2. The summed E-state index contributed by atoms with van der Waals surface area (Å²) in [5.41, 5.74) is 1.13. The smallest absolute Gasteiger partial charge is 0.0956 e. The van der Waals surface area contributed by atoms with E-state index >= 15 is 0 Å². The molecule has 0 amide bonds. The molecule has 0 radical (unpaired) electrons. The minimum Gasteiger partial charge on any atom is -0.392 e. The second-order valence-corrected chi connectivity index (χ2v) is 6.80. The molecule has 0 aliphatic heterocycles. The van der Waals surface area contributed by atoms with Gasteiger partial charge in [0.25, 0.3) is 0 Å². The van der Waals surface area contributed by atoms with Gasteiger partial charge >= 0.3 is 0 Å². The van der Waals surface area contributed by atoms with E-state index in [1.54, 1.807) is 11.3 Å². The highest BCUT2D eigenvalue weighted by atomic mass is 32.1. The minimum atomic E-state index is -0.155. The lowest BCUT2D eigenvalue weighted by Gasteiger charge is -2.18. The van der Waals surface area contributed by atoms with Crippen molar-refractivity contribution in [1.29, 1.82) is 0 Å². The standard InChI is InChI=1S/C13H19NOS/c1-7-8(2)16-13(14-7)6-12(15)11-4-9-3-10(9)5-11/h9-12,15H,3-6H2,1-2H3. The molecule has 0 spiro atoms. The maximum absolute atomic E-state index is 10.2. The van der Waals surface area contributed by atoms with Gasteiger partial charge in [-0.15, -0.1) is 11.3 Å². The van der Waals surface area contributed by atoms with Gasteiger partial charge in [0.05, 0.1) is 16.8 Å². The Labute approximate surface area is 101 Å². The van der Waals surface area contributed by atoms with Crippen molar-refractivity contribution in [2.75, 3.05) is 0 Å². The SMILES string of the molecule is Cc1nc(CC(O)C2CC3CC3C2)sc1C. The summed E-state index contributed by atoms with van der Waals surface area (Å²) in [5, 5.41) is 11.3. The maximum atomic E-state index is 10.2. The summed E-state index contributed by atoms with van der Waals surface area (Å²) >= 11 is 1.74. The lowest BCUT2D eigenvalue weighted by Crippen LogP contribution is -2.21. The summed E-state index contributed by atoms with van der Waals surface area (Å²) in [7, 11) is 0. The zero-order chi connectivity index (χ0) is 11.3. The van der Waals surface area contributed by atoms with Crippen molar-refractivity contribution in [1.82, 2.24) is 4.98 Å². The molecule has 2 saturated carbocycles. The van der Waals surface area contributed by atoms with Crippen LogP contribution in [0.5, 0.6) is 0 Å². The molecule has 3 atom stereocenters. The van der Waals surface area contributed by atoms with Crippen molar-refractivity contribution >= 4 is 11.3 Å². The van der Waals surface area contributed by atoms with Gasteiger partial charge in [-0.3, -0.25) is 0 Å². The summed E-state index contributed by atoms with van der Waals surface area (Å²) in [5.74, 6) is 2.46. The summed E-state index contributed by atoms with van der Waals surface area (Å²) in [4.78, 5) is 5.80. The summed E-state index contributed by atoms with van der Waals surface area (Å²) in [6.07, 6.45) is 4.56. The number of rotatable bonds is 3. The molecule has 16 heavy (non-hydrogen) atoms. The van der Waals surface area contributed by atoms with E-state index in [0.717, 1.165) is 29.0 Å². The zero-order valence-corrected chi connectivity index (χ0v) is 10.8. The van der Waals surface area contributed by atoms with Crippen LogP contribution in [0.1, 0.15) is 34.8 Å². The van der Waals surface area contributed by atoms with Crippen LogP contribution in [-0.2, 0) is 6.42 Å². The van der Waals surface area contributed by atoms with Crippen LogP contribution in [0.3, 0.4) is 0 Å². The molecule has 3 unspecified atom stereocenters. The molecule has 1 heterocycles. The predicted octanol–water partition coefficient (Wildman–Crippen LogP) is 2.71. The molecule has 3 heteroatoms. The monoisotopic (exact) mass is 237 g/mol. The number of nitrogens with zero attached hydrogens (tertiary/aromatic N) is 1. The van der Waals surface area contributed by atoms with Crippen LogP contribution in [-0.4, -0.2) is 16.2 Å². The van der Waals surface area contributed by atoms with Crippen molar-refractivity contribution < 1.29 is 5.11 Å². The number of aliphatic hydroxyl groups is 1. The van der Waals surface area contributed by atoms with E-state index in [2.05, 4.69) is 11.9 Å². The highest BCUT2D eigenvalue weighted by molar-refractivity contribution is 7.11. The van der Waals surface area contributed by atoms with Gasteiger partial charge in [0, 0.05) is 11.3 Å². The Balaban J connectivity index is 1.61. The van der Waals surface area contributed by atoms with Gasteiger partial charge in [-0.05, 0) is 50.9 Å². The molecular formula is C13H19NOS. The van der Waals surface area contributed by atoms with E-state index in [1.807, 2.05) is 6.92 Å². The van der Waals surface area contributed by atoms with Gasteiger partial charge in [0.1, 0.15) is 0 Å². The van der Waals surface area contributed by atoms with Gasteiger partial charge in [0.2, 0.25) is 0 Å². The number of thiazole rings is 1. The Morgan fingerprint density at radius 2 is 2.00 bits per heavy atom. The maximum Gasteiger partial charge on any atom is 0.0956 e. The highest BCUT2D eigenvalue weighted by Gasteiger charge is 2.47. The van der Waals surface area contributed by atoms with Crippen molar-refractivity contribution in [2.45, 2.75) is 45.6 Å². The van der Waals surface area contributed by atoms with E-state index < -0.39 is 0 Å².